The summed E-state index contributed by atoms with van der Waals surface area (Å²) >= 11 is 0. The Bertz CT molecular complexity index is 622. The second-order valence-electron chi connectivity index (χ2n) is 6.29. The number of hydrogen-bond acceptors (Lipinski definition) is 3. The first-order chi connectivity index (χ1) is 11.2. The number of rotatable bonds is 2. The summed E-state index contributed by atoms with van der Waals surface area (Å²) in [5, 5.41) is 1.03. The van der Waals surface area contributed by atoms with Crippen LogP contribution in [0.3, 0.4) is 0 Å². The molecule has 1 fully saturated rings. The standard InChI is InChI=1S/C16H23BO3.2C2H6/c1-8-14-13(11(2)10-18-14)9-12(3)17-19-15(4,5)16(6,7)20-17;2*1-2/h8-10H,3H2,1-2,4-7H3;2*1-2H3/b13-9-,14-8+;;. The normalized spacial score (nSPS) is 19.3. The Morgan fingerprint density at radius 2 is 1.50 bits per heavy atom. The molecule has 0 N–H and O–H groups in total. The SMILES string of the molecule is C=C(/C=c1/c(C)co/c1=C/C)B1OC(C)(C)C(C)(C)O1.CC.CC. The van der Waals surface area contributed by atoms with E-state index in [1.807, 2.05) is 81.4 Å². The summed E-state index contributed by atoms with van der Waals surface area (Å²) in [5.41, 5.74) is 2.03. The van der Waals surface area contributed by atoms with E-state index in [4.69, 9.17) is 13.7 Å². The van der Waals surface area contributed by atoms with Crippen LogP contribution >= 0.6 is 0 Å². The molecule has 3 nitrogen and oxygen atoms in total. The molecule has 0 aromatic carbocycles. The zero-order chi connectivity index (χ0) is 19.1. The molecule has 1 aliphatic heterocycles. The number of aryl methyl sites for hydroxylation is 1. The molecule has 136 valence electrons. The molecule has 0 amide bonds. The number of furan rings is 1. The third-order valence-electron chi connectivity index (χ3n) is 4.20. The Balaban J connectivity index is 0.00000123. The van der Waals surface area contributed by atoms with Crippen molar-refractivity contribution in [1.29, 1.82) is 0 Å². The van der Waals surface area contributed by atoms with Gasteiger partial charge in [0, 0.05) is 5.22 Å². The predicted molar refractivity (Wildman–Crippen MR) is 105 cm³/mol. The monoisotopic (exact) mass is 334 g/mol. The van der Waals surface area contributed by atoms with E-state index in [9.17, 15) is 0 Å². The highest BCUT2D eigenvalue weighted by Crippen LogP contribution is 2.38. The average Bonchev–Trinajstić information content (AvgIpc) is 3.00. The van der Waals surface area contributed by atoms with Crippen LogP contribution in [0, 0.1) is 6.92 Å². The van der Waals surface area contributed by atoms with Crippen LogP contribution in [0.25, 0.3) is 12.2 Å². The van der Waals surface area contributed by atoms with Gasteiger partial charge in [-0.25, -0.2) is 0 Å². The fourth-order valence-corrected chi connectivity index (χ4v) is 2.13. The van der Waals surface area contributed by atoms with Gasteiger partial charge in [-0.1, -0.05) is 40.3 Å². The molecule has 0 bridgehead atoms. The minimum atomic E-state index is -0.418. The van der Waals surface area contributed by atoms with Crippen molar-refractivity contribution in [2.75, 3.05) is 0 Å². The molecule has 1 aromatic rings. The minimum Gasteiger partial charge on any atom is -0.464 e. The van der Waals surface area contributed by atoms with Crippen molar-refractivity contribution in [3.63, 3.8) is 0 Å². The molecule has 0 atom stereocenters. The molecule has 1 aliphatic rings. The van der Waals surface area contributed by atoms with Gasteiger partial charge < -0.3 is 13.7 Å². The fraction of sp³-hybridized carbons (Fsp3) is 0.600. The molecule has 4 heteroatoms. The first-order valence-corrected chi connectivity index (χ1v) is 8.94. The summed E-state index contributed by atoms with van der Waals surface area (Å²) in [5.74, 6) is 0. The van der Waals surface area contributed by atoms with Crippen LogP contribution in [0.1, 0.15) is 67.9 Å². The molecule has 2 heterocycles. The lowest BCUT2D eigenvalue weighted by Gasteiger charge is -2.32. The van der Waals surface area contributed by atoms with Crippen LogP contribution in [-0.4, -0.2) is 18.3 Å². The summed E-state index contributed by atoms with van der Waals surface area (Å²) in [6.45, 7) is 24.2. The Morgan fingerprint density at radius 3 is 1.92 bits per heavy atom. The van der Waals surface area contributed by atoms with Crippen molar-refractivity contribution >= 4 is 19.3 Å². The molecule has 0 unspecified atom stereocenters. The highest BCUT2D eigenvalue weighted by atomic mass is 16.7. The van der Waals surface area contributed by atoms with Crippen LogP contribution in [-0.2, 0) is 9.31 Å². The molecule has 2 rings (SSSR count). The van der Waals surface area contributed by atoms with Crippen LogP contribution < -0.4 is 10.6 Å². The molecule has 0 radical (unpaired) electrons. The van der Waals surface area contributed by atoms with E-state index in [1.165, 1.54) is 0 Å². The van der Waals surface area contributed by atoms with E-state index in [2.05, 4.69) is 6.58 Å². The Kier molecular flexibility index (Phi) is 8.80. The molecule has 0 saturated carbocycles. The Hall–Kier alpha value is -1.26. The molecule has 1 saturated heterocycles. The summed E-state index contributed by atoms with van der Waals surface area (Å²) in [6.07, 6.45) is 5.67. The molecule has 24 heavy (non-hydrogen) atoms. The molecular formula is C20H35BO3. The topological polar surface area (TPSA) is 31.6 Å². The molecule has 0 spiro atoms. The third kappa shape index (κ3) is 4.87. The van der Waals surface area contributed by atoms with Crippen LogP contribution in [0.4, 0.5) is 0 Å². The first kappa shape index (κ1) is 22.7. The van der Waals surface area contributed by atoms with E-state index >= 15 is 0 Å². The van der Waals surface area contributed by atoms with Gasteiger partial charge in [-0.3, -0.25) is 0 Å². The molecule has 0 aliphatic carbocycles. The quantitative estimate of drug-likeness (QED) is 0.751. The lowest BCUT2D eigenvalue weighted by Crippen LogP contribution is -2.41. The first-order valence-electron chi connectivity index (χ1n) is 8.94. The molecular weight excluding hydrogens is 299 g/mol. The summed E-state index contributed by atoms with van der Waals surface area (Å²) in [7, 11) is -0.418. The van der Waals surface area contributed by atoms with Gasteiger partial charge in [-0.15, -0.1) is 0 Å². The van der Waals surface area contributed by atoms with Gasteiger partial charge in [-0.05, 0) is 58.7 Å². The maximum atomic E-state index is 5.99. The maximum Gasteiger partial charge on any atom is 0.494 e. The minimum absolute atomic E-state index is 0.348. The summed E-state index contributed by atoms with van der Waals surface area (Å²) in [4.78, 5) is 0. The maximum absolute atomic E-state index is 5.99. The van der Waals surface area contributed by atoms with Crippen molar-refractivity contribution in [3.8, 4) is 0 Å². The van der Waals surface area contributed by atoms with E-state index < -0.39 is 7.12 Å². The van der Waals surface area contributed by atoms with E-state index in [0.717, 1.165) is 21.7 Å². The predicted octanol–water partition coefficient (Wildman–Crippen LogP) is 4.41. The zero-order valence-electron chi connectivity index (χ0n) is 17.2. The van der Waals surface area contributed by atoms with Gasteiger partial charge in [0.2, 0.25) is 0 Å². The lowest BCUT2D eigenvalue weighted by molar-refractivity contribution is 0.00578. The van der Waals surface area contributed by atoms with Crippen LogP contribution in [0.5, 0.6) is 0 Å². The highest BCUT2D eigenvalue weighted by molar-refractivity contribution is 6.57. The van der Waals surface area contributed by atoms with Gasteiger partial charge in [0.05, 0.1) is 17.5 Å². The van der Waals surface area contributed by atoms with Gasteiger partial charge >= 0.3 is 7.12 Å². The van der Waals surface area contributed by atoms with E-state index in [-0.39, 0.29) is 11.2 Å². The van der Waals surface area contributed by atoms with Gasteiger partial charge in [0.15, 0.2) is 0 Å². The highest BCUT2D eigenvalue weighted by Gasteiger charge is 2.51. The third-order valence-corrected chi connectivity index (χ3v) is 4.20. The van der Waals surface area contributed by atoms with Crippen LogP contribution in [0.15, 0.2) is 22.7 Å². The number of hydrogen-bond donors (Lipinski definition) is 0. The summed E-state index contributed by atoms with van der Waals surface area (Å²) in [6, 6.07) is 0. The lowest BCUT2D eigenvalue weighted by atomic mass is 9.79. The van der Waals surface area contributed by atoms with Gasteiger partial charge in [0.1, 0.15) is 5.42 Å². The van der Waals surface area contributed by atoms with Crippen molar-refractivity contribution in [1.82, 2.24) is 0 Å². The Labute approximate surface area is 148 Å². The average molecular weight is 334 g/mol. The van der Waals surface area contributed by atoms with Gasteiger partial charge in [0.25, 0.3) is 0 Å². The number of allylic oxidation sites excluding steroid dienone is 1. The Morgan fingerprint density at radius 1 is 1.04 bits per heavy atom. The largest absolute Gasteiger partial charge is 0.494 e. The van der Waals surface area contributed by atoms with Gasteiger partial charge in [-0.2, -0.15) is 0 Å². The second-order valence-corrected chi connectivity index (χ2v) is 6.29. The second kappa shape index (κ2) is 9.29. The van der Waals surface area contributed by atoms with E-state index in [0.29, 0.717) is 0 Å². The summed E-state index contributed by atoms with van der Waals surface area (Å²) < 4.78 is 17.5. The van der Waals surface area contributed by atoms with Crippen molar-refractivity contribution in [2.45, 2.75) is 80.4 Å². The van der Waals surface area contributed by atoms with E-state index in [1.54, 1.807) is 6.26 Å². The van der Waals surface area contributed by atoms with Crippen molar-refractivity contribution in [2.24, 2.45) is 0 Å². The smallest absolute Gasteiger partial charge is 0.464 e. The van der Waals surface area contributed by atoms with Crippen molar-refractivity contribution in [3.05, 3.63) is 34.5 Å². The van der Waals surface area contributed by atoms with Crippen LogP contribution in [0.2, 0.25) is 0 Å². The fourth-order valence-electron chi connectivity index (χ4n) is 2.13. The molecule has 1 aromatic heterocycles. The zero-order valence-corrected chi connectivity index (χ0v) is 17.2. The van der Waals surface area contributed by atoms with Crippen molar-refractivity contribution < 1.29 is 13.7 Å².